The van der Waals surface area contributed by atoms with E-state index in [0.717, 1.165) is 0 Å². The fourth-order valence-electron chi connectivity index (χ4n) is 1.53. The Morgan fingerprint density at radius 3 is 3.11 bits per heavy atom. The maximum Gasteiger partial charge on any atom is 0.341 e. The molecule has 2 aromatic rings. The SMILES string of the molecule is COC(=O)c1cc(N)cnc1NCCn1ccnn1. The Labute approximate surface area is 109 Å². The molecule has 8 nitrogen and oxygen atoms in total. The van der Waals surface area contributed by atoms with Gasteiger partial charge in [0.1, 0.15) is 11.4 Å². The number of pyridine rings is 1. The van der Waals surface area contributed by atoms with Crippen molar-refractivity contribution < 1.29 is 9.53 Å². The molecular formula is C11H14N6O2. The van der Waals surface area contributed by atoms with Gasteiger partial charge in [-0.3, -0.25) is 4.68 Å². The van der Waals surface area contributed by atoms with Gasteiger partial charge < -0.3 is 15.8 Å². The maximum atomic E-state index is 11.6. The Balaban J connectivity index is 2.04. The van der Waals surface area contributed by atoms with Crippen LogP contribution in [-0.4, -0.2) is 39.6 Å². The molecule has 100 valence electrons. The first-order valence-electron chi connectivity index (χ1n) is 5.62. The molecule has 0 unspecified atom stereocenters. The van der Waals surface area contributed by atoms with Crippen LogP contribution in [0.3, 0.4) is 0 Å². The van der Waals surface area contributed by atoms with Crippen LogP contribution in [0.1, 0.15) is 10.4 Å². The number of methoxy groups -OCH3 is 1. The second-order valence-corrected chi connectivity index (χ2v) is 3.75. The highest BCUT2D eigenvalue weighted by atomic mass is 16.5. The van der Waals surface area contributed by atoms with Gasteiger partial charge in [-0.15, -0.1) is 5.10 Å². The van der Waals surface area contributed by atoms with E-state index in [-0.39, 0.29) is 0 Å². The van der Waals surface area contributed by atoms with E-state index in [1.165, 1.54) is 19.4 Å². The van der Waals surface area contributed by atoms with E-state index in [2.05, 4.69) is 25.3 Å². The van der Waals surface area contributed by atoms with Crippen LogP contribution in [0.25, 0.3) is 0 Å². The van der Waals surface area contributed by atoms with Crippen LogP contribution in [0.2, 0.25) is 0 Å². The first kappa shape index (κ1) is 12.8. The van der Waals surface area contributed by atoms with Crippen LogP contribution in [0.4, 0.5) is 11.5 Å². The largest absolute Gasteiger partial charge is 0.465 e. The topological polar surface area (TPSA) is 108 Å². The number of aromatic nitrogens is 4. The maximum absolute atomic E-state index is 11.6. The Morgan fingerprint density at radius 1 is 1.58 bits per heavy atom. The lowest BCUT2D eigenvalue weighted by Crippen LogP contribution is -2.15. The summed E-state index contributed by atoms with van der Waals surface area (Å²) in [5, 5.41) is 10.6. The number of rotatable bonds is 5. The van der Waals surface area contributed by atoms with Gasteiger partial charge in [-0.25, -0.2) is 9.78 Å². The van der Waals surface area contributed by atoms with E-state index < -0.39 is 5.97 Å². The Morgan fingerprint density at radius 2 is 2.42 bits per heavy atom. The van der Waals surface area contributed by atoms with E-state index in [1.807, 2.05) is 0 Å². The number of nitrogen functional groups attached to an aromatic ring is 1. The molecular weight excluding hydrogens is 248 g/mol. The second kappa shape index (κ2) is 5.80. The predicted octanol–water partition coefficient (Wildman–Crippen LogP) is 0.154. The summed E-state index contributed by atoms with van der Waals surface area (Å²) in [5.74, 6) is -0.0516. The summed E-state index contributed by atoms with van der Waals surface area (Å²) >= 11 is 0. The average Bonchev–Trinajstić information content (AvgIpc) is 2.92. The van der Waals surface area contributed by atoms with E-state index in [1.54, 1.807) is 17.1 Å². The van der Waals surface area contributed by atoms with Gasteiger partial charge in [-0.1, -0.05) is 5.21 Å². The molecule has 0 amide bonds. The normalized spacial score (nSPS) is 10.2. The highest BCUT2D eigenvalue weighted by molar-refractivity contribution is 5.95. The number of carbonyl (C=O) groups excluding carboxylic acids is 1. The molecule has 2 rings (SSSR count). The molecule has 2 aromatic heterocycles. The number of nitrogens with two attached hydrogens (primary N) is 1. The molecule has 0 fully saturated rings. The van der Waals surface area contributed by atoms with Crippen molar-refractivity contribution in [2.75, 3.05) is 24.7 Å². The van der Waals surface area contributed by atoms with Crippen LogP contribution in [-0.2, 0) is 11.3 Å². The third-order valence-corrected chi connectivity index (χ3v) is 2.42. The lowest BCUT2D eigenvalue weighted by atomic mass is 10.2. The van der Waals surface area contributed by atoms with Crippen LogP contribution in [0.5, 0.6) is 0 Å². The van der Waals surface area contributed by atoms with E-state index in [4.69, 9.17) is 5.73 Å². The molecule has 3 N–H and O–H groups in total. The molecule has 0 radical (unpaired) electrons. The van der Waals surface area contributed by atoms with Crippen LogP contribution >= 0.6 is 0 Å². The first-order valence-corrected chi connectivity index (χ1v) is 5.62. The number of hydrogen-bond acceptors (Lipinski definition) is 7. The quantitative estimate of drug-likeness (QED) is 0.738. The van der Waals surface area contributed by atoms with Crippen molar-refractivity contribution in [1.29, 1.82) is 0 Å². The predicted molar refractivity (Wildman–Crippen MR) is 68.5 cm³/mol. The monoisotopic (exact) mass is 262 g/mol. The zero-order valence-corrected chi connectivity index (χ0v) is 10.4. The van der Waals surface area contributed by atoms with Gasteiger partial charge in [-0.05, 0) is 6.07 Å². The Bertz CT molecular complexity index is 554. The molecule has 19 heavy (non-hydrogen) atoms. The number of esters is 1. The molecule has 0 saturated carbocycles. The third-order valence-electron chi connectivity index (χ3n) is 2.42. The third kappa shape index (κ3) is 3.18. The molecule has 0 aromatic carbocycles. The Kier molecular flexibility index (Phi) is 3.91. The molecule has 8 heteroatoms. The van der Waals surface area contributed by atoms with Gasteiger partial charge in [-0.2, -0.15) is 0 Å². The second-order valence-electron chi connectivity index (χ2n) is 3.75. The van der Waals surface area contributed by atoms with Crippen LogP contribution in [0.15, 0.2) is 24.7 Å². The zero-order chi connectivity index (χ0) is 13.7. The zero-order valence-electron chi connectivity index (χ0n) is 10.4. The van der Waals surface area contributed by atoms with Crippen molar-refractivity contribution in [2.45, 2.75) is 6.54 Å². The summed E-state index contributed by atoms with van der Waals surface area (Å²) < 4.78 is 6.35. The fourth-order valence-corrected chi connectivity index (χ4v) is 1.53. The molecule has 0 aliphatic carbocycles. The van der Waals surface area contributed by atoms with Gasteiger partial charge in [0.2, 0.25) is 0 Å². The summed E-state index contributed by atoms with van der Waals surface area (Å²) in [4.78, 5) is 15.7. The van der Waals surface area contributed by atoms with Gasteiger partial charge >= 0.3 is 5.97 Å². The number of hydrogen-bond donors (Lipinski definition) is 2. The van der Waals surface area contributed by atoms with Crippen LogP contribution < -0.4 is 11.1 Å². The summed E-state index contributed by atoms with van der Waals surface area (Å²) in [6.07, 6.45) is 4.82. The van der Waals surface area contributed by atoms with E-state index in [9.17, 15) is 4.79 Å². The van der Waals surface area contributed by atoms with Crippen LogP contribution in [0, 0.1) is 0 Å². The molecule has 2 heterocycles. The molecule has 0 bridgehead atoms. The van der Waals surface area contributed by atoms with Gasteiger partial charge in [0.05, 0.1) is 31.7 Å². The summed E-state index contributed by atoms with van der Waals surface area (Å²) in [6.45, 7) is 1.15. The number of ether oxygens (including phenoxy) is 1. The number of nitrogens with zero attached hydrogens (tertiary/aromatic N) is 4. The Hall–Kier alpha value is -2.64. The van der Waals surface area contributed by atoms with Crippen molar-refractivity contribution in [1.82, 2.24) is 20.0 Å². The smallest absolute Gasteiger partial charge is 0.341 e. The van der Waals surface area contributed by atoms with Gasteiger partial charge in [0.25, 0.3) is 0 Å². The van der Waals surface area contributed by atoms with Crippen molar-refractivity contribution in [3.8, 4) is 0 Å². The minimum Gasteiger partial charge on any atom is -0.465 e. The first-order chi connectivity index (χ1) is 9.20. The molecule has 0 aliphatic heterocycles. The lowest BCUT2D eigenvalue weighted by molar-refractivity contribution is 0.0601. The summed E-state index contributed by atoms with van der Waals surface area (Å²) in [5.41, 5.74) is 6.32. The molecule has 0 aliphatic rings. The van der Waals surface area contributed by atoms with Crippen molar-refractivity contribution in [3.63, 3.8) is 0 Å². The number of carbonyl (C=O) groups is 1. The fraction of sp³-hybridized carbons (Fsp3) is 0.273. The molecule has 0 saturated heterocycles. The highest BCUT2D eigenvalue weighted by Crippen LogP contribution is 2.16. The van der Waals surface area contributed by atoms with Crippen molar-refractivity contribution in [2.24, 2.45) is 0 Å². The lowest BCUT2D eigenvalue weighted by Gasteiger charge is -2.10. The highest BCUT2D eigenvalue weighted by Gasteiger charge is 2.13. The van der Waals surface area contributed by atoms with E-state index in [0.29, 0.717) is 30.2 Å². The average molecular weight is 262 g/mol. The molecule has 0 atom stereocenters. The number of nitrogens with one attached hydrogen (secondary N) is 1. The van der Waals surface area contributed by atoms with Crippen molar-refractivity contribution >= 4 is 17.5 Å². The minimum absolute atomic E-state index is 0.307. The standard InChI is InChI=1S/C11H14N6O2/c1-19-11(18)9-6-8(12)7-14-10(9)13-2-4-17-5-3-15-16-17/h3,5-7H,2,4,12H2,1H3,(H,13,14). The minimum atomic E-state index is -0.483. The number of anilines is 2. The molecule has 0 spiro atoms. The summed E-state index contributed by atoms with van der Waals surface area (Å²) in [6, 6.07) is 1.52. The van der Waals surface area contributed by atoms with Crippen molar-refractivity contribution in [3.05, 3.63) is 30.2 Å². The summed E-state index contributed by atoms with van der Waals surface area (Å²) in [7, 11) is 1.31. The van der Waals surface area contributed by atoms with E-state index >= 15 is 0 Å². The van der Waals surface area contributed by atoms with Gasteiger partial charge in [0.15, 0.2) is 0 Å². The van der Waals surface area contributed by atoms with Gasteiger partial charge in [0, 0.05) is 12.7 Å².